The van der Waals surface area contributed by atoms with Crippen molar-refractivity contribution >= 4 is 11.0 Å². The van der Waals surface area contributed by atoms with Gasteiger partial charge in [0.25, 0.3) is 0 Å². The van der Waals surface area contributed by atoms with Gasteiger partial charge < -0.3 is 15.3 Å². The summed E-state index contributed by atoms with van der Waals surface area (Å²) in [4.78, 5) is 0. The average molecular weight is 163 g/mol. The fraction of sp³-hybridized carbons (Fsp3) is 1.00. The molecule has 10 heavy (non-hydrogen) atoms. The maximum Gasteiger partial charge on any atom is 3.00 e. The fourth-order valence-corrected chi connectivity index (χ4v) is 0. The standard InChI is InChI=1S/3C2H5O.Si/c3*1-2-3;/h3*2H2,1H3;/q3*-1;+3. The first-order chi connectivity index (χ1) is 4.24. The molecule has 0 unspecified atom stereocenters. The van der Waals surface area contributed by atoms with Crippen LogP contribution >= 0.6 is 0 Å². The molecule has 0 heterocycles. The molecular formula is C6H15O3Si. The summed E-state index contributed by atoms with van der Waals surface area (Å²) >= 11 is 0. The van der Waals surface area contributed by atoms with Crippen molar-refractivity contribution < 1.29 is 15.3 Å². The number of hydrogen-bond donors (Lipinski definition) is 0. The topological polar surface area (TPSA) is 69.2 Å². The summed E-state index contributed by atoms with van der Waals surface area (Å²) in [6, 6.07) is 0. The van der Waals surface area contributed by atoms with Crippen LogP contribution in [0.3, 0.4) is 0 Å². The predicted octanol–water partition coefficient (Wildman–Crippen LogP) is -2.28. The van der Waals surface area contributed by atoms with Crippen LogP contribution in [0.4, 0.5) is 0 Å². The molecule has 0 saturated carbocycles. The van der Waals surface area contributed by atoms with E-state index in [2.05, 4.69) is 0 Å². The van der Waals surface area contributed by atoms with E-state index in [0.717, 1.165) is 0 Å². The Morgan fingerprint density at radius 1 is 0.700 bits per heavy atom. The molecule has 0 aliphatic rings. The Labute approximate surface area is 67.7 Å². The van der Waals surface area contributed by atoms with Gasteiger partial charge in [-0.3, -0.25) is 0 Å². The van der Waals surface area contributed by atoms with Gasteiger partial charge in [0.1, 0.15) is 0 Å². The van der Waals surface area contributed by atoms with Crippen molar-refractivity contribution in [3.05, 3.63) is 0 Å². The van der Waals surface area contributed by atoms with Gasteiger partial charge in [-0.05, 0) is 0 Å². The Morgan fingerprint density at radius 2 is 0.700 bits per heavy atom. The molecule has 0 aromatic rings. The van der Waals surface area contributed by atoms with Gasteiger partial charge in [0.05, 0.1) is 0 Å². The van der Waals surface area contributed by atoms with Crippen molar-refractivity contribution in [2.45, 2.75) is 20.8 Å². The van der Waals surface area contributed by atoms with E-state index in [1.54, 1.807) is 20.8 Å². The second-order valence-electron chi connectivity index (χ2n) is 0.866. The first-order valence-corrected chi connectivity index (χ1v) is 2.99. The van der Waals surface area contributed by atoms with Crippen LogP contribution in [0.1, 0.15) is 20.8 Å². The molecule has 0 atom stereocenters. The molecule has 0 saturated heterocycles. The maximum atomic E-state index is 8.93. The van der Waals surface area contributed by atoms with E-state index < -0.39 is 0 Å². The van der Waals surface area contributed by atoms with Crippen LogP contribution in [0.2, 0.25) is 0 Å². The summed E-state index contributed by atoms with van der Waals surface area (Å²) < 4.78 is 0. The van der Waals surface area contributed by atoms with Gasteiger partial charge in [-0.1, -0.05) is 20.8 Å². The minimum atomic E-state index is 0. The van der Waals surface area contributed by atoms with Gasteiger partial charge in [-0.2, -0.15) is 0 Å². The van der Waals surface area contributed by atoms with Crippen LogP contribution in [-0.4, -0.2) is 30.8 Å². The summed E-state index contributed by atoms with van der Waals surface area (Å²) in [6.07, 6.45) is 0. The normalized spacial score (nSPS) is 5.40. The van der Waals surface area contributed by atoms with Crippen LogP contribution in [0.5, 0.6) is 0 Å². The van der Waals surface area contributed by atoms with E-state index in [-0.39, 0.29) is 30.8 Å². The third-order valence-electron chi connectivity index (χ3n) is 0. The summed E-state index contributed by atoms with van der Waals surface area (Å²) in [6.45, 7) is 4.71. The van der Waals surface area contributed by atoms with E-state index in [4.69, 9.17) is 15.3 Å². The third-order valence-corrected chi connectivity index (χ3v) is 0. The Kier molecular flexibility index (Phi) is 140. The smallest absolute Gasteiger partial charge is 0.855 e. The molecule has 0 fully saturated rings. The van der Waals surface area contributed by atoms with E-state index >= 15 is 0 Å². The second kappa shape index (κ2) is 62.2. The molecule has 0 amide bonds. The molecule has 0 N–H and O–H groups in total. The van der Waals surface area contributed by atoms with Crippen LogP contribution in [0.25, 0.3) is 0 Å². The van der Waals surface area contributed by atoms with Gasteiger partial charge in [0, 0.05) is 0 Å². The van der Waals surface area contributed by atoms with Gasteiger partial charge in [-0.15, -0.1) is 19.8 Å². The zero-order chi connectivity index (χ0) is 8.12. The zero-order valence-electron chi connectivity index (χ0n) is 6.85. The Hall–Kier alpha value is 0.0969. The predicted molar refractivity (Wildman–Crippen MR) is 37.4 cm³/mol. The van der Waals surface area contributed by atoms with E-state index in [0.29, 0.717) is 0 Å². The first-order valence-electron chi connectivity index (χ1n) is 2.99. The number of rotatable bonds is 0. The molecule has 0 bridgehead atoms. The van der Waals surface area contributed by atoms with Crippen molar-refractivity contribution in [2.75, 3.05) is 19.8 Å². The van der Waals surface area contributed by atoms with E-state index in [9.17, 15) is 0 Å². The molecule has 0 spiro atoms. The Bertz CT molecular complexity index is 17.7. The van der Waals surface area contributed by atoms with Crippen molar-refractivity contribution in [1.29, 1.82) is 0 Å². The molecule has 61 valence electrons. The van der Waals surface area contributed by atoms with Gasteiger partial charge in [0.15, 0.2) is 0 Å². The summed E-state index contributed by atoms with van der Waals surface area (Å²) in [5.74, 6) is 0. The third kappa shape index (κ3) is 43400. The molecular weight excluding hydrogens is 148 g/mol. The molecule has 3 nitrogen and oxygen atoms in total. The zero-order valence-corrected chi connectivity index (χ0v) is 7.85. The maximum absolute atomic E-state index is 8.93. The molecule has 4 heteroatoms. The van der Waals surface area contributed by atoms with Crippen molar-refractivity contribution in [3.63, 3.8) is 0 Å². The van der Waals surface area contributed by atoms with Crippen LogP contribution in [0, 0.1) is 0 Å². The van der Waals surface area contributed by atoms with Gasteiger partial charge in [0.2, 0.25) is 0 Å². The first kappa shape index (κ1) is 22.5. The monoisotopic (exact) mass is 163 g/mol. The van der Waals surface area contributed by atoms with Crippen molar-refractivity contribution in [3.8, 4) is 0 Å². The molecule has 0 rings (SSSR count). The quantitative estimate of drug-likeness (QED) is 0.378. The molecule has 0 aliphatic carbocycles. The largest absolute Gasteiger partial charge is 3.00 e. The summed E-state index contributed by atoms with van der Waals surface area (Å²) in [5.41, 5.74) is 0. The van der Waals surface area contributed by atoms with Gasteiger partial charge >= 0.3 is 11.0 Å². The Balaban J connectivity index is -0.0000000257. The molecule has 1 radical (unpaired) electrons. The minimum absolute atomic E-state index is 0. The number of hydrogen-bond acceptors (Lipinski definition) is 3. The Morgan fingerprint density at radius 3 is 0.700 bits per heavy atom. The van der Waals surface area contributed by atoms with Gasteiger partial charge in [-0.25, -0.2) is 0 Å². The van der Waals surface area contributed by atoms with E-state index in [1.807, 2.05) is 0 Å². The minimum Gasteiger partial charge on any atom is -0.855 e. The fourth-order valence-electron chi connectivity index (χ4n) is 0. The second-order valence-corrected chi connectivity index (χ2v) is 0.866. The van der Waals surface area contributed by atoms with Crippen molar-refractivity contribution in [1.82, 2.24) is 0 Å². The van der Waals surface area contributed by atoms with Crippen LogP contribution in [-0.2, 0) is 0 Å². The van der Waals surface area contributed by atoms with Crippen LogP contribution in [0.15, 0.2) is 0 Å². The summed E-state index contributed by atoms with van der Waals surface area (Å²) in [7, 11) is 0. The van der Waals surface area contributed by atoms with E-state index in [1.165, 1.54) is 0 Å². The summed E-state index contributed by atoms with van der Waals surface area (Å²) in [5, 5.41) is 26.8. The molecule has 0 aromatic carbocycles. The average Bonchev–Trinajstić information content (AvgIpc) is 1.70. The van der Waals surface area contributed by atoms with Crippen LogP contribution < -0.4 is 15.3 Å². The molecule has 0 aliphatic heterocycles. The SMILES string of the molecule is CC[O-].CC[O-].CC[O-].[Si+3]. The molecule has 0 aromatic heterocycles. The van der Waals surface area contributed by atoms with Crippen molar-refractivity contribution in [2.24, 2.45) is 0 Å².